The summed E-state index contributed by atoms with van der Waals surface area (Å²) in [6, 6.07) is 0.140. The Morgan fingerprint density at radius 2 is 2.41 bits per heavy atom. The van der Waals surface area contributed by atoms with Gasteiger partial charge in [-0.25, -0.2) is 5.10 Å². The van der Waals surface area contributed by atoms with Crippen LogP contribution in [0, 0.1) is 0 Å². The molecule has 6 heteroatoms. The Hall–Kier alpha value is -1.07. The molecule has 0 fully saturated rings. The van der Waals surface area contributed by atoms with E-state index in [0.717, 1.165) is 19.3 Å². The second-order valence-electron chi connectivity index (χ2n) is 3.87. The topological polar surface area (TPSA) is 67.0 Å². The number of aromatic nitrogens is 2. The Kier molecular flexibility index (Phi) is 6.00. The monoisotopic (exact) mass is 259 g/mol. The summed E-state index contributed by atoms with van der Waals surface area (Å²) >= 11 is 5.88. The van der Waals surface area contributed by atoms with Crippen molar-refractivity contribution >= 4 is 17.3 Å². The molecule has 1 unspecified atom stereocenters. The third-order valence-corrected chi connectivity index (χ3v) is 2.80. The van der Waals surface area contributed by atoms with Crippen LogP contribution >= 0.6 is 11.6 Å². The summed E-state index contributed by atoms with van der Waals surface area (Å²) in [6.45, 7) is 2.70. The fraction of sp³-hybridized carbons (Fsp3) is 0.636. The number of anilines is 1. The van der Waals surface area contributed by atoms with Crippen LogP contribution in [0.3, 0.4) is 0 Å². The third kappa shape index (κ3) is 4.36. The van der Waals surface area contributed by atoms with Gasteiger partial charge in [0.15, 0.2) is 0 Å². The molecule has 5 nitrogen and oxygen atoms in total. The number of ether oxygens (including phenoxy) is 1. The molecule has 96 valence electrons. The average molecular weight is 260 g/mol. The molecule has 0 radical (unpaired) electrons. The fourth-order valence-corrected chi connectivity index (χ4v) is 1.70. The van der Waals surface area contributed by atoms with Crippen LogP contribution in [0.25, 0.3) is 0 Å². The summed E-state index contributed by atoms with van der Waals surface area (Å²) in [4.78, 5) is 11.3. The summed E-state index contributed by atoms with van der Waals surface area (Å²) in [5.41, 5.74) is 0.164. The number of methoxy groups -OCH3 is 1. The van der Waals surface area contributed by atoms with Gasteiger partial charge in [0.2, 0.25) is 0 Å². The van der Waals surface area contributed by atoms with Crippen molar-refractivity contribution in [3.8, 4) is 0 Å². The molecule has 0 spiro atoms. The highest BCUT2D eigenvalue weighted by atomic mass is 35.5. The maximum Gasteiger partial charge on any atom is 0.285 e. The molecule has 17 heavy (non-hydrogen) atoms. The zero-order valence-corrected chi connectivity index (χ0v) is 10.9. The number of halogens is 1. The largest absolute Gasteiger partial charge is 0.383 e. The second kappa shape index (κ2) is 7.29. The molecule has 0 saturated heterocycles. The van der Waals surface area contributed by atoms with Gasteiger partial charge in [0, 0.05) is 13.2 Å². The van der Waals surface area contributed by atoms with Crippen molar-refractivity contribution in [2.75, 3.05) is 19.0 Å². The van der Waals surface area contributed by atoms with E-state index in [9.17, 15) is 4.79 Å². The standard InChI is InChI=1S/C11H18ClN3O2/c1-3-4-5-8(7-17-2)14-9-6-13-15-11(16)10(9)12/h6,8H,3-5,7H2,1-2H3,(H2,14,15,16). The third-order valence-electron chi connectivity index (χ3n) is 2.43. The highest BCUT2D eigenvalue weighted by Crippen LogP contribution is 2.17. The van der Waals surface area contributed by atoms with Gasteiger partial charge in [-0.1, -0.05) is 31.4 Å². The van der Waals surface area contributed by atoms with Gasteiger partial charge in [0.1, 0.15) is 5.02 Å². The van der Waals surface area contributed by atoms with Gasteiger partial charge in [-0.2, -0.15) is 5.10 Å². The Balaban J connectivity index is 2.71. The van der Waals surface area contributed by atoms with E-state index < -0.39 is 0 Å². The van der Waals surface area contributed by atoms with E-state index in [1.54, 1.807) is 7.11 Å². The molecule has 0 aliphatic carbocycles. The SMILES string of the molecule is CCCCC(COC)Nc1cn[nH]c(=O)c1Cl. The summed E-state index contributed by atoms with van der Waals surface area (Å²) in [5.74, 6) is 0. The van der Waals surface area contributed by atoms with E-state index in [4.69, 9.17) is 16.3 Å². The van der Waals surface area contributed by atoms with Crippen LogP contribution in [0.15, 0.2) is 11.0 Å². The van der Waals surface area contributed by atoms with Crippen molar-refractivity contribution in [3.05, 3.63) is 21.6 Å². The first-order valence-electron chi connectivity index (χ1n) is 5.67. The van der Waals surface area contributed by atoms with Crippen molar-refractivity contribution < 1.29 is 4.74 Å². The van der Waals surface area contributed by atoms with Crippen LogP contribution in [0.1, 0.15) is 26.2 Å². The van der Waals surface area contributed by atoms with E-state index in [0.29, 0.717) is 12.3 Å². The molecule has 0 amide bonds. The van der Waals surface area contributed by atoms with Crippen LogP contribution in [0.2, 0.25) is 5.02 Å². The van der Waals surface area contributed by atoms with Crippen molar-refractivity contribution in [3.63, 3.8) is 0 Å². The van der Waals surface area contributed by atoms with Crippen molar-refractivity contribution in [2.45, 2.75) is 32.2 Å². The molecule has 0 bridgehead atoms. The molecule has 0 aliphatic heterocycles. The summed E-state index contributed by atoms with van der Waals surface area (Å²) in [6.07, 6.45) is 4.68. The quantitative estimate of drug-likeness (QED) is 0.786. The zero-order chi connectivity index (χ0) is 12.7. The van der Waals surface area contributed by atoms with Gasteiger partial charge in [-0.15, -0.1) is 0 Å². The number of nitrogens with one attached hydrogen (secondary N) is 2. The minimum absolute atomic E-state index is 0.137. The van der Waals surface area contributed by atoms with Gasteiger partial charge in [-0.3, -0.25) is 4.79 Å². The first kappa shape index (κ1) is 14.0. The lowest BCUT2D eigenvalue weighted by molar-refractivity contribution is 0.182. The van der Waals surface area contributed by atoms with Gasteiger partial charge >= 0.3 is 0 Å². The van der Waals surface area contributed by atoms with Crippen LogP contribution < -0.4 is 10.9 Å². The van der Waals surface area contributed by atoms with Crippen LogP contribution in [0.5, 0.6) is 0 Å². The molecular formula is C11H18ClN3O2. The van der Waals surface area contributed by atoms with Gasteiger partial charge < -0.3 is 10.1 Å². The molecule has 2 N–H and O–H groups in total. The Labute approximate surface area is 106 Å². The fourth-order valence-electron chi connectivity index (χ4n) is 1.55. The van der Waals surface area contributed by atoms with Gasteiger partial charge in [0.25, 0.3) is 5.56 Å². The molecule has 1 rings (SSSR count). The maximum absolute atomic E-state index is 11.3. The van der Waals surface area contributed by atoms with E-state index in [1.807, 2.05) is 0 Å². The van der Waals surface area contributed by atoms with Crippen molar-refractivity contribution in [1.82, 2.24) is 10.2 Å². The smallest absolute Gasteiger partial charge is 0.285 e. The number of hydrogen-bond donors (Lipinski definition) is 2. The summed E-state index contributed by atoms with van der Waals surface area (Å²) in [5, 5.41) is 9.31. The van der Waals surface area contributed by atoms with Crippen LogP contribution in [-0.2, 0) is 4.74 Å². The minimum Gasteiger partial charge on any atom is -0.383 e. The predicted molar refractivity (Wildman–Crippen MR) is 68.7 cm³/mol. The summed E-state index contributed by atoms with van der Waals surface area (Å²) in [7, 11) is 1.65. The lowest BCUT2D eigenvalue weighted by Gasteiger charge is -2.18. The highest BCUT2D eigenvalue weighted by molar-refractivity contribution is 6.32. The molecule has 1 aromatic rings. The number of hydrogen-bond acceptors (Lipinski definition) is 4. The van der Waals surface area contributed by atoms with E-state index >= 15 is 0 Å². The molecule has 0 saturated carbocycles. The first-order valence-corrected chi connectivity index (χ1v) is 6.05. The number of unbranched alkanes of at least 4 members (excludes halogenated alkanes) is 1. The van der Waals surface area contributed by atoms with Crippen molar-refractivity contribution in [2.24, 2.45) is 0 Å². The normalized spacial score (nSPS) is 12.4. The number of H-pyrrole nitrogens is 1. The molecule has 1 heterocycles. The Morgan fingerprint density at radius 1 is 1.65 bits per heavy atom. The molecule has 1 aromatic heterocycles. The number of aromatic amines is 1. The Bertz CT molecular complexity index is 395. The van der Waals surface area contributed by atoms with Gasteiger partial charge in [-0.05, 0) is 6.42 Å². The van der Waals surface area contributed by atoms with E-state index in [-0.39, 0.29) is 16.6 Å². The van der Waals surface area contributed by atoms with Gasteiger partial charge in [0.05, 0.1) is 18.5 Å². The maximum atomic E-state index is 11.3. The Morgan fingerprint density at radius 3 is 3.06 bits per heavy atom. The second-order valence-corrected chi connectivity index (χ2v) is 4.24. The lowest BCUT2D eigenvalue weighted by atomic mass is 10.1. The average Bonchev–Trinajstić information content (AvgIpc) is 2.32. The zero-order valence-electron chi connectivity index (χ0n) is 10.1. The predicted octanol–water partition coefficient (Wildman–Crippen LogP) is 2.04. The molecule has 0 aliphatic rings. The number of rotatable bonds is 7. The first-order chi connectivity index (χ1) is 8.19. The minimum atomic E-state index is -0.386. The lowest BCUT2D eigenvalue weighted by Crippen LogP contribution is -2.26. The van der Waals surface area contributed by atoms with E-state index in [2.05, 4.69) is 22.4 Å². The molecule has 1 atom stereocenters. The molecule has 0 aromatic carbocycles. The highest BCUT2D eigenvalue weighted by Gasteiger charge is 2.11. The van der Waals surface area contributed by atoms with Crippen LogP contribution in [0.4, 0.5) is 5.69 Å². The molecular weight excluding hydrogens is 242 g/mol. The van der Waals surface area contributed by atoms with E-state index in [1.165, 1.54) is 6.20 Å². The number of nitrogens with zero attached hydrogens (tertiary/aromatic N) is 1. The van der Waals surface area contributed by atoms with Crippen molar-refractivity contribution in [1.29, 1.82) is 0 Å². The van der Waals surface area contributed by atoms with Crippen LogP contribution in [-0.4, -0.2) is 30.0 Å². The summed E-state index contributed by atoms with van der Waals surface area (Å²) < 4.78 is 5.13.